The van der Waals surface area contributed by atoms with Gasteiger partial charge < -0.3 is 10.6 Å². The van der Waals surface area contributed by atoms with E-state index in [9.17, 15) is 0 Å². The van der Waals surface area contributed by atoms with E-state index in [1.807, 2.05) is 29.7 Å². The van der Waals surface area contributed by atoms with Crippen molar-refractivity contribution in [3.63, 3.8) is 0 Å². The second-order valence-corrected chi connectivity index (χ2v) is 5.08. The Bertz CT molecular complexity index is 807. The van der Waals surface area contributed by atoms with Crippen LogP contribution in [-0.2, 0) is 13.1 Å². The molecule has 3 aromatic rings. The van der Waals surface area contributed by atoms with Crippen molar-refractivity contribution in [2.24, 2.45) is 0 Å². The lowest BCUT2D eigenvalue weighted by Crippen LogP contribution is -2.17. The van der Waals surface area contributed by atoms with Gasteiger partial charge in [-0.1, -0.05) is 6.07 Å². The number of benzene rings is 1. The summed E-state index contributed by atoms with van der Waals surface area (Å²) in [7, 11) is 0. The molecule has 0 aliphatic carbocycles. The van der Waals surface area contributed by atoms with Crippen molar-refractivity contribution in [3.8, 4) is 0 Å². The third-order valence-electron chi connectivity index (χ3n) is 3.73. The highest BCUT2D eigenvalue weighted by molar-refractivity contribution is 5.66. The van der Waals surface area contributed by atoms with Crippen molar-refractivity contribution in [1.29, 1.82) is 0 Å². The number of nitrogens with zero attached hydrogens (tertiary/aromatic N) is 5. The predicted octanol–water partition coefficient (Wildman–Crippen LogP) is 1.54. The molecular formula is C14H14N6. The minimum absolute atomic E-state index is 0.797. The number of hydrogen-bond donors (Lipinski definition) is 1. The molecule has 2 aromatic heterocycles. The van der Waals surface area contributed by atoms with E-state index in [2.05, 4.69) is 26.1 Å². The van der Waals surface area contributed by atoms with Crippen LogP contribution in [0.15, 0.2) is 30.6 Å². The van der Waals surface area contributed by atoms with E-state index in [1.54, 1.807) is 6.20 Å². The number of nitrogens with two attached hydrogens (primary N) is 1. The Morgan fingerprint density at radius 2 is 2.00 bits per heavy atom. The van der Waals surface area contributed by atoms with Crippen LogP contribution in [0.2, 0.25) is 0 Å². The Kier molecular flexibility index (Phi) is 2.20. The van der Waals surface area contributed by atoms with Gasteiger partial charge in [0.1, 0.15) is 5.82 Å². The molecule has 3 heterocycles. The van der Waals surface area contributed by atoms with E-state index in [1.165, 1.54) is 11.1 Å². The van der Waals surface area contributed by atoms with Crippen LogP contribution < -0.4 is 10.6 Å². The van der Waals surface area contributed by atoms with Crippen molar-refractivity contribution < 1.29 is 0 Å². The van der Waals surface area contributed by atoms with Gasteiger partial charge in [-0.25, -0.2) is 4.98 Å². The third kappa shape index (κ3) is 1.54. The number of anilines is 2. The summed E-state index contributed by atoms with van der Waals surface area (Å²) in [6.07, 6.45) is 3.67. The van der Waals surface area contributed by atoms with Gasteiger partial charge in [0.2, 0.25) is 5.65 Å². The Morgan fingerprint density at radius 3 is 2.90 bits per heavy atom. The van der Waals surface area contributed by atoms with E-state index in [-0.39, 0.29) is 0 Å². The quantitative estimate of drug-likeness (QED) is 0.676. The molecule has 20 heavy (non-hydrogen) atoms. The van der Waals surface area contributed by atoms with Gasteiger partial charge in [0.15, 0.2) is 5.82 Å². The molecule has 0 saturated carbocycles. The van der Waals surface area contributed by atoms with Crippen molar-refractivity contribution >= 4 is 17.2 Å². The summed E-state index contributed by atoms with van der Waals surface area (Å²) >= 11 is 0. The second kappa shape index (κ2) is 3.93. The van der Waals surface area contributed by atoms with Gasteiger partial charge in [0, 0.05) is 31.2 Å². The molecule has 6 heteroatoms. The molecular weight excluding hydrogens is 252 g/mol. The highest BCUT2D eigenvalue weighted by Crippen LogP contribution is 2.30. The third-order valence-corrected chi connectivity index (χ3v) is 3.73. The van der Waals surface area contributed by atoms with Crippen molar-refractivity contribution in [1.82, 2.24) is 19.6 Å². The number of aromatic nitrogens is 4. The fourth-order valence-electron chi connectivity index (χ4n) is 2.72. The van der Waals surface area contributed by atoms with Crippen LogP contribution >= 0.6 is 0 Å². The van der Waals surface area contributed by atoms with Crippen LogP contribution in [0.1, 0.15) is 17.0 Å². The second-order valence-electron chi connectivity index (χ2n) is 5.08. The lowest BCUT2D eigenvalue weighted by atomic mass is 10.1. The van der Waals surface area contributed by atoms with E-state index >= 15 is 0 Å². The molecule has 1 aliphatic rings. The largest absolute Gasteiger partial charge is 0.399 e. The number of rotatable bonds is 1. The molecule has 4 rings (SSSR count). The summed E-state index contributed by atoms with van der Waals surface area (Å²) in [4.78, 5) is 6.68. The normalized spacial score (nSPS) is 13.9. The van der Waals surface area contributed by atoms with Crippen LogP contribution in [0.5, 0.6) is 0 Å². The molecule has 2 N–H and O–H groups in total. The van der Waals surface area contributed by atoms with E-state index in [0.29, 0.717) is 0 Å². The SMILES string of the molecule is Cc1nnc2c(N3Cc4ccc(N)cc4C3)nccn12. The van der Waals surface area contributed by atoms with Gasteiger partial charge in [-0.2, -0.15) is 0 Å². The van der Waals surface area contributed by atoms with Gasteiger partial charge in [0.25, 0.3) is 0 Å². The molecule has 0 unspecified atom stereocenters. The molecule has 0 bridgehead atoms. The van der Waals surface area contributed by atoms with Crippen LogP contribution in [0, 0.1) is 6.92 Å². The average Bonchev–Trinajstić information content (AvgIpc) is 3.02. The monoisotopic (exact) mass is 266 g/mol. The zero-order valence-electron chi connectivity index (χ0n) is 11.1. The minimum Gasteiger partial charge on any atom is -0.399 e. The zero-order valence-corrected chi connectivity index (χ0v) is 11.1. The van der Waals surface area contributed by atoms with Crippen LogP contribution in [-0.4, -0.2) is 19.6 Å². The minimum atomic E-state index is 0.797. The lowest BCUT2D eigenvalue weighted by Gasteiger charge is -2.16. The van der Waals surface area contributed by atoms with Crippen LogP contribution in [0.25, 0.3) is 5.65 Å². The first-order chi connectivity index (χ1) is 9.72. The van der Waals surface area contributed by atoms with E-state index < -0.39 is 0 Å². The summed E-state index contributed by atoms with van der Waals surface area (Å²) in [5.41, 5.74) is 9.99. The average molecular weight is 266 g/mol. The first-order valence-electron chi connectivity index (χ1n) is 6.51. The molecule has 0 radical (unpaired) electrons. The summed E-state index contributed by atoms with van der Waals surface area (Å²) in [6, 6.07) is 6.06. The zero-order chi connectivity index (χ0) is 13.7. The lowest BCUT2D eigenvalue weighted by molar-refractivity contribution is 0.851. The maximum atomic E-state index is 5.85. The van der Waals surface area contributed by atoms with Gasteiger partial charge in [-0.05, 0) is 30.2 Å². The molecule has 0 saturated heterocycles. The van der Waals surface area contributed by atoms with Crippen molar-refractivity contribution in [3.05, 3.63) is 47.5 Å². The smallest absolute Gasteiger partial charge is 0.203 e. The fourth-order valence-corrected chi connectivity index (χ4v) is 2.72. The molecule has 0 fully saturated rings. The summed E-state index contributed by atoms with van der Waals surface area (Å²) in [5, 5.41) is 8.34. The molecule has 0 amide bonds. The van der Waals surface area contributed by atoms with Gasteiger partial charge in [-0.15, -0.1) is 10.2 Å². The molecule has 1 aromatic carbocycles. The Hall–Kier alpha value is -2.63. The van der Waals surface area contributed by atoms with Crippen molar-refractivity contribution in [2.45, 2.75) is 20.0 Å². The molecule has 0 atom stereocenters. The highest BCUT2D eigenvalue weighted by Gasteiger charge is 2.23. The van der Waals surface area contributed by atoms with Gasteiger partial charge >= 0.3 is 0 Å². The predicted molar refractivity (Wildman–Crippen MR) is 76.3 cm³/mol. The Labute approximate surface area is 115 Å². The molecule has 0 spiro atoms. The Morgan fingerprint density at radius 1 is 1.15 bits per heavy atom. The summed E-state index contributed by atoms with van der Waals surface area (Å²) in [5.74, 6) is 1.73. The first-order valence-corrected chi connectivity index (χ1v) is 6.51. The maximum Gasteiger partial charge on any atom is 0.203 e. The molecule has 6 nitrogen and oxygen atoms in total. The van der Waals surface area contributed by atoms with E-state index in [4.69, 9.17) is 5.73 Å². The fraction of sp³-hybridized carbons (Fsp3) is 0.214. The number of hydrogen-bond acceptors (Lipinski definition) is 5. The van der Waals surface area contributed by atoms with E-state index in [0.717, 1.165) is 36.1 Å². The van der Waals surface area contributed by atoms with Crippen LogP contribution in [0.4, 0.5) is 11.5 Å². The number of nitrogen functional groups attached to an aromatic ring is 1. The standard InChI is InChI=1S/C14H14N6/c1-9-17-18-14-13(16-4-5-20(9)14)19-7-10-2-3-12(15)6-11(10)8-19/h2-6H,7-8,15H2,1H3. The van der Waals surface area contributed by atoms with Crippen molar-refractivity contribution in [2.75, 3.05) is 10.6 Å². The maximum absolute atomic E-state index is 5.85. The number of aryl methyl sites for hydroxylation is 1. The number of fused-ring (bicyclic) bond motifs is 2. The summed E-state index contributed by atoms with van der Waals surface area (Å²) in [6.45, 7) is 3.57. The molecule has 1 aliphatic heterocycles. The van der Waals surface area contributed by atoms with Gasteiger partial charge in [0.05, 0.1) is 0 Å². The van der Waals surface area contributed by atoms with Gasteiger partial charge in [-0.3, -0.25) is 4.40 Å². The molecule has 100 valence electrons. The topological polar surface area (TPSA) is 72.3 Å². The first kappa shape index (κ1) is 11.2. The summed E-state index contributed by atoms with van der Waals surface area (Å²) < 4.78 is 1.96. The highest BCUT2D eigenvalue weighted by atomic mass is 15.3. The van der Waals surface area contributed by atoms with Crippen LogP contribution in [0.3, 0.4) is 0 Å². The Balaban J connectivity index is 1.79.